The quantitative estimate of drug-likeness (QED) is 0.549. The lowest BCUT2D eigenvalue weighted by atomic mass is 9.87. The summed E-state index contributed by atoms with van der Waals surface area (Å²) in [6.07, 6.45) is -2.82. The van der Waals surface area contributed by atoms with Crippen molar-refractivity contribution < 1.29 is 29.6 Å². The van der Waals surface area contributed by atoms with Gasteiger partial charge in [0.05, 0.1) is 0 Å². The van der Waals surface area contributed by atoms with Gasteiger partial charge in [0.25, 0.3) is 6.29 Å². The van der Waals surface area contributed by atoms with E-state index in [9.17, 15) is 20.1 Å². The van der Waals surface area contributed by atoms with Crippen molar-refractivity contribution in [2.24, 2.45) is 0 Å². The zero-order chi connectivity index (χ0) is 11.0. The fourth-order valence-electron chi connectivity index (χ4n) is 1.45. The van der Waals surface area contributed by atoms with Crippen LogP contribution in [-0.2, 0) is 9.47 Å². The molecule has 0 aromatic heterocycles. The minimum absolute atomic E-state index is 0.119. The van der Waals surface area contributed by atoms with Crippen LogP contribution in [0.3, 0.4) is 0 Å². The molecule has 0 spiro atoms. The number of carbonyl (C=O) groups excluding carboxylic acids is 1. The van der Waals surface area contributed by atoms with Gasteiger partial charge < -0.3 is 24.8 Å². The van der Waals surface area contributed by atoms with Gasteiger partial charge in [-0.05, 0) is 12.8 Å². The largest absolute Gasteiger partial charge is 0.513 e. The highest BCUT2D eigenvalue weighted by Crippen LogP contribution is 2.37. The zero-order valence-electron chi connectivity index (χ0n) is 8.06. The fraction of sp³-hybridized carbons (Fsp3) is 0.875. The van der Waals surface area contributed by atoms with Crippen LogP contribution in [0.2, 0.25) is 0 Å². The van der Waals surface area contributed by atoms with Crippen molar-refractivity contribution in [3.8, 4) is 0 Å². The van der Waals surface area contributed by atoms with Crippen LogP contribution < -0.4 is 0 Å². The Labute approximate surface area is 81.1 Å². The lowest BCUT2D eigenvalue weighted by Crippen LogP contribution is -2.59. The van der Waals surface area contributed by atoms with Crippen LogP contribution in [-0.4, -0.2) is 39.2 Å². The summed E-state index contributed by atoms with van der Waals surface area (Å²) in [4.78, 5) is 10.7. The molecule has 14 heavy (non-hydrogen) atoms. The van der Waals surface area contributed by atoms with E-state index >= 15 is 0 Å². The van der Waals surface area contributed by atoms with Gasteiger partial charge in [0.1, 0.15) is 5.60 Å². The summed E-state index contributed by atoms with van der Waals surface area (Å²) in [5.41, 5.74) is -1.71. The number of aliphatic hydroxyl groups is 3. The monoisotopic (exact) mass is 206 g/mol. The molecule has 1 saturated heterocycles. The van der Waals surface area contributed by atoms with E-state index in [2.05, 4.69) is 9.47 Å². The number of hydrogen-bond donors (Lipinski definition) is 3. The molecule has 0 bridgehead atoms. The van der Waals surface area contributed by atoms with Crippen LogP contribution in [0, 0.1) is 0 Å². The minimum atomic E-state index is -2.38. The first-order chi connectivity index (χ1) is 6.39. The molecule has 0 saturated carbocycles. The molecule has 0 aliphatic carbocycles. The standard InChI is InChI=1S/C8H14O6/c1-3-7(11,4-2)8(12)5(9)13-6(10)14-8/h5,9,11-12H,3-4H2,1-2H3. The summed E-state index contributed by atoms with van der Waals surface area (Å²) >= 11 is 0. The van der Waals surface area contributed by atoms with Gasteiger partial charge in [-0.1, -0.05) is 13.8 Å². The Balaban J connectivity index is 2.98. The summed E-state index contributed by atoms with van der Waals surface area (Å²) in [6, 6.07) is 0. The second-order valence-corrected chi connectivity index (χ2v) is 3.26. The maximum Gasteiger partial charge on any atom is 0.513 e. The Morgan fingerprint density at radius 1 is 1.50 bits per heavy atom. The van der Waals surface area contributed by atoms with E-state index in [0.29, 0.717) is 0 Å². The van der Waals surface area contributed by atoms with Gasteiger partial charge in [0.2, 0.25) is 0 Å². The van der Waals surface area contributed by atoms with Gasteiger partial charge in [-0.25, -0.2) is 4.79 Å². The fourth-order valence-corrected chi connectivity index (χ4v) is 1.45. The van der Waals surface area contributed by atoms with Crippen molar-refractivity contribution in [2.45, 2.75) is 44.4 Å². The molecule has 1 heterocycles. The van der Waals surface area contributed by atoms with Crippen molar-refractivity contribution in [1.82, 2.24) is 0 Å². The van der Waals surface area contributed by atoms with Crippen LogP contribution in [0.15, 0.2) is 0 Å². The molecule has 0 aromatic rings. The van der Waals surface area contributed by atoms with Crippen molar-refractivity contribution >= 4 is 6.16 Å². The van der Waals surface area contributed by atoms with Gasteiger partial charge in [0.15, 0.2) is 0 Å². The van der Waals surface area contributed by atoms with Crippen LogP contribution in [0.4, 0.5) is 4.79 Å². The summed E-state index contributed by atoms with van der Waals surface area (Å²) in [7, 11) is 0. The Hall–Kier alpha value is -0.850. The minimum Gasteiger partial charge on any atom is -0.397 e. The smallest absolute Gasteiger partial charge is 0.397 e. The molecule has 0 aromatic carbocycles. The van der Waals surface area contributed by atoms with Gasteiger partial charge in [-0.3, -0.25) is 0 Å². The van der Waals surface area contributed by atoms with Crippen molar-refractivity contribution in [3.05, 3.63) is 0 Å². The average Bonchev–Trinajstić information content (AvgIpc) is 2.40. The molecule has 1 aliphatic rings. The van der Waals surface area contributed by atoms with Crippen LogP contribution in [0.5, 0.6) is 0 Å². The summed E-state index contributed by atoms with van der Waals surface area (Å²) in [6.45, 7) is 3.20. The molecule has 3 N–H and O–H groups in total. The first kappa shape index (κ1) is 11.2. The third-order valence-electron chi connectivity index (χ3n) is 2.62. The zero-order valence-corrected chi connectivity index (χ0v) is 8.06. The first-order valence-electron chi connectivity index (χ1n) is 4.42. The van der Waals surface area contributed by atoms with E-state index in [1.165, 1.54) is 0 Å². The molecule has 0 amide bonds. The average molecular weight is 206 g/mol. The number of aliphatic hydroxyl groups excluding tert-OH is 1. The third-order valence-corrected chi connectivity index (χ3v) is 2.62. The number of hydrogen-bond acceptors (Lipinski definition) is 6. The molecule has 2 unspecified atom stereocenters. The van der Waals surface area contributed by atoms with E-state index in [-0.39, 0.29) is 12.8 Å². The highest BCUT2D eigenvalue weighted by Gasteiger charge is 2.62. The maximum absolute atomic E-state index is 10.7. The molecule has 1 aliphatic heterocycles. The number of carbonyl (C=O) groups is 1. The van der Waals surface area contributed by atoms with Crippen LogP contribution in [0.25, 0.3) is 0 Å². The number of ether oxygens (including phenoxy) is 2. The number of rotatable bonds is 3. The van der Waals surface area contributed by atoms with Crippen molar-refractivity contribution in [1.29, 1.82) is 0 Å². The summed E-state index contributed by atoms with van der Waals surface area (Å²) in [5, 5.41) is 28.9. The normalized spacial score (nSPS) is 32.6. The molecular weight excluding hydrogens is 192 g/mol. The Bertz CT molecular complexity index is 236. The first-order valence-corrected chi connectivity index (χ1v) is 4.42. The molecule has 2 atom stereocenters. The third kappa shape index (κ3) is 1.35. The highest BCUT2D eigenvalue weighted by atomic mass is 16.9. The molecule has 6 heteroatoms. The topological polar surface area (TPSA) is 96.2 Å². The second kappa shape index (κ2) is 3.38. The van der Waals surface area contributed by atoms with E-state index in [4.69, 9.17) is 0 Å². The van der Waals surface area contributed by atoms with E-state index in [1.807, 2.05) is 0 Å². The lowest BCUT2D eigenvalue weighted by Gasteiger charge is -2.37. The second-order valence-electron chi connectivity index (χ2n) is 3.26. The maximum atomic E-state index is 10.7. The Kier molecular flexibility index (Phi) is 2.71. The molecular formula is C8H14O6. The SMILES string of the molecule is CCC(O)(CC)C1(O)OC(=O)OC1O. The van der Waals surface area contributed by atoms with Gasteiger partial charge in [-0.2, -0.15) is 0 Å². The Morgan fingerprint density at radius 3 is 2.29 bits per heavy atom. The Morgan fingerprint density at radius 2 is 2.00 bits per heavy atom. The van der Waals surface area contributed by atoms with Crippen molar-refractivity contribution in [2.75, 3.05) is 0 Å². The predicted molar refractivity (Wildman–Crippen MR) is 44.1 cm³/mol. The highest BCUT2D eigenvalue weighted by molar-refractivity contribution is 5.63. The van der Waals surface area contributed by atoms with Crippen LogP contribution in [0.1, 0.15) is 26.7 Å². The van der Waals surface area contributed by atoms with E-state index in [0.717, 1.165) is 0 Å². The summed E-state index contributed by atoms with van der Waals surface area (Å²) in [5.74, 6) is -2.38. The predicted octanol–water partition coefficient (Wildman–Crippen LogP) is -0.289. The molecule has 1 fully saturated rings. The van der Waals surface area contributed by atoms with Crippen molar-refractivity contribution in [3.63, 3.8) is 0 Å². The van der Waals surface area contributed by atoms with E-state index < -0.39 is 23.8 Å². The van der Waals surface area contributed by atoms with Gasteiger partial charge in [0, 0.05) is 0 Å². The molecule has 82 valence electrons. The van der Waals surface area contributed by atoms with Gasteiger partial charge in [-0.15, -0.1) is 0 Å². The molecule has 6 nitrogen and oxygen atoms in total. The molecule has 0 radical (unpaired) electrons. The van der Waals surface area contributed by atoms with E-state index in [1.54, 1.807) is 13.8 Å². The summed E-state index contributed by atoms with van der Waals surface area (Å²) < 4.78 is 8.61. The number of cyclic esters (lactones) is 2. The van der Waals surface area contributed by atoms with Crippen LogP contribution >= 0.6 is 0 Å². The van der Waals surface area contributed by atoms with Gasteiger partial charge >= 0.3 is 11.9 Å². The molecule has 1 rings (SSSR count). The lowest BCUT2D eigenvalue weighted by molar-refractivity contribution is -0.312.